The van der Waals surface area contributed by atoms with Crippen molar-refractivity contribution in [3.63, 3.8) is 0 Å². The Labute approximate surface area is 174 Å². The van der Waals surface area contributed by atoms with Crippen LogP contribution in [0.3, 0.4) is 0 Å². The highest BCUT2D eigenvalue weighted by atomic mass is 32.2. The fraction of sp³-hybridized carbons (Fsp3) is 0.800. The van der Waals surface area contributed by atoms with Crippen LogP contribution in [0, 0.1) is 0 Å². The molecule has 1 rings (SSSR count). The van der Waals surface area contributed by atoms with Gasteiger partial charge in [0, 0.05) is 6.42 Å². The van der Waals surface area contributed by atoms with Gasteiger partial charge in [-0.1, -0.05) is 38.3 Å². The lowest BCUT2D eigenvalue weighted by atomic mass is 10.1. The van der Waals surface area contributed by atoms with E-state index in [9.17, 15) is 23.4 Å². The summed E-state index contributed by atoms with van der Waals surface area (Å²) < 4.78 is 32.4. The molecule has 0 saturated carbocycles. The van der Waals surface area contributed by atoms with Crippen molar-refractivity contribution >= 4 is 21.7 Å². The van der Waals surface area contributed by atoms with E-state index >= 15 is 0 Å². The Morgan fingerprint density at radius 2 is 1.90 bits per heavy atom. The van der Waals surface area contributed by atoms with E-state index < -0.39 is 22.0 Å². The zero-order valence-electron chi connectivity index (χ0n) is 17.5. The molecule has 1 heterocycles. The second kappa shape index (κ2) is 13.8. The number of aliphatic hydroxyl groups is 2. The number of carbonyl (C=O) groups is 1. The Morgan fingerprint density at radius 1 is 1.21 bits per heavy atom. The minimum absolute atomic E-state index is 0.0551. The SMILES string of the molecule is CCCCCC/C=C/CCCC(=O)C1=[N+](CC(O)CS(=O)(=O)O)CCN1CCO. The zero-order chi connectivity index (χ0) is 21.7. The molecule has 0 bridgehead atoms. The molecule has 9 heteroatoms. The van der Waals surface area contributed by atoms with Crippen LogP contribution in [0.2, 0.25) is 0 Å². The molecule has 1 aliphatic heterocycles. The molecule has 1 unspecified atom stereocenters. The van der Waals surface area contributed by atoms with E-state index in [1.54, 1.807) is 9.48 Å². The van der Waals surface area contributed by atoms with Gasteiger partial charge in [0.2, 0.25) is 5.78 Å². The van der Waals surface area contributed by atoms with Crippen LogP contribution < -0.4 is 0 Å². The van der Waals surface area contributed by atoms with Gasteiger partial charge in [0.05, 0.1) is 6.61 Å². The Morgan fingerprint density at radius 3 is 2.52 bits per heavy atom. The number of unbranched alkanes of at least 4 members (excludes halogenated alkanes) is 5. The van der Waals surface area contributed by atoms with Gasteiger partial charge in [-0.25, -0.2) is 0 Å². The second-order valence-corrected chi connectivity index (χ2v) is 9.02. The Hall–Kier alpha value is -1.29. The van der Waals surface area contributed by atoms with Crippen LogP contribution in [0.4, 0.5) is 0 Å². The predicted octanol–water partition coefficient (Wildman–Crippen LogP) is 1.22. The third kappa shape index (κ3) is 10.9. The van der Waals surface area contributed by atoms with Crippen LogP contribution in [-0.4, -0.2) is 88.9 Å². The van der Waals surface area contributed by atoms with E-state index in [2.05, 4.69) is 19.1 Å². The van der Waals surface area contributed by atoms with Crippen molar-refractivity contribution in [1.82, 2.24) is 4.90 Å². The number of rotatable bonds is 16. The zero-order valence-corrected chi connectivity index (χ0v) is 18.3. The maximum atomic E-state index is 12.7. The molecule has 0 saturated heterocycles. The van der Waals surface area contributed by atoms with Crippen molar-refractivity contribution in [3.05, 3.63) is 12.2 Å². The molecule has 29 heavy (non-hydrogen) atoms. The minimum Gasteiger partial charge on any atom is -0.392 e. The van der Waals surface area contributed by atoms with E-state index in [4.69, 9.17) is 4.55 Å². The van der Waals surface area contributed by atoms with Gasteiger partial charge in [-0.2, -0.15) is 8.42 Å². The molecule has 0 aromatic heterocycles. The van der Waals surface area contributed by atoms with E-state index in [-0.39, 0.29) is 18.9 Å². The summed E-state index contributed by atoms with van der Waals surface area (Å²) >= 11 is 0. The van der Waals surface area contributed by atoms with Crippen molar-refractivity contribution in [3.8, 4) is 0 Å². The number of hydrogen-bond acceptors (Lipinski definition) is 6. The summed E-state index contributed by atoms with van der Waals surface area (Å²) in [6, 6.07) is 0. The summed E-state index contributed by atoms with van der Waals surface area (Å²) in [5, 5.41) is 19.2. The highest BCUT2D eigenvalue weighted by Crippen LogP contribution is 2.10. The number of Topliss-reactive ketones (excluding diaryl/α,β-unsaturated/α-hetero) is 1. The molecule has 0 aromatic rings. The maximum Gasteiger partial charge on any atom is 0.316 e. The summed E-state index contributed by atoms with van der Waals surface area (Å²) in [4.78, 5) is 14.5. The number of ketones is 1. The average molecular weight is 434 g/mol. The molecule has 0 amide bonds. The van der Waals surface area contributed by atoms with Crippen molar-refractivity contribution in [2.75, 3.05) is 38.5 Å². The average Bonchev–Trinajstić information content (AvgIpc) is 3.01. The molecule has 8 nitrogen and oxygen atoms in total. The van der Waals surface area contributed by atoms with Gasteiger partial charge in [-0.05, 0) is 25.7 Å². The molecule has 1 atom stereocenters. The second-order valence-electron chi connectivity index (χ2n) is 7.52. The first-order valence-corrected chi connectivity index (χ1v) is 12.2. The summed E-state index contributed by atoms with van der Waals surface area (Å²) in [5.41, 5.74) is 0. The molecule has 0 aromatic carbocycles. The van der Waals surface area contributed by atoms with Crippen LogP contribution in [0.5, 0.6) is 0 Å². The molecule has 0 aliphatic carbocycles. The van der Waals surface area contributed by atoms with Crippen LogP contribution in [-0.2, 0) is 14.9 Å². The van der Waals surface area contributed by atoms with Gasteiger partial charge in [0.1, 0.15) is 38.0 Å². The molecule has 3 N–H and O–H groups in total. The van der Waals surface area contributed by atoms with Crippen LogP contribution in [0.25, 0.3) is 0 Å². The van der Waals surface area contributed by atoms with Crippen molar-refractivity contribution in [2.24, 2.45) is 0 Å². The third-order valence-electron chi connectivity index (χ3n) is 4.86. The quantitative estimate of drug-likeness (QED) is 0.145. The van der Waals surface area contributed by atoms with Crippen LogP contribution in [0.1, 0.15) is 58.3 Å². The fourth-order valence-corrected chi connectivity index (χ4v) is 4.08. The van der Waals surface area contributed by atoms with Crippen LogP contribution in [0.15, 0.2) is 12.2 Å². The molecule has 1 aliphatic rings. The summed E-state index contributed by atoms with van der Waals surface area (Å²) in [7, 11) is -4.29. The monoisotopic (exact) mass is 433 g/mol. The number of carbonyl (C=O) groups excluding carboxylic acids is 1. The maximum absolute atomic E-state index is 12.7. The molecule has 168 valence electrons. The van der Waals surface area contributed by atoms with E-state index in [0.29, 0.717) is 38.3 Å². The molecule has 0 radical (unpaired) electrons. The largest absolute Gasteiger partial charge is 0.392 e. The fourth-order valence-electron chi connectivity index (χ4n) is 3.49. The number of nitrogens with zero attached hydrogens (tertiary/aromatic N) is 2. The van der Waals surface area contributed by atoms with Gasteiger partial charge >= 0.3 is 5.84 Å². The number of β-amino-alcohol motifs (C(OH)–C–C–N with tert-alkyl or cyclic N) is 2. The highest BCUT2D eigenvalue weighted by Gasteiger charge is 2.36. The topological polar surface area (TPSA) is 118 Å². The Balaban J connectivity index is 2.58. The number of hydrogen-bond donors (Lipinski definition) is 3. The first-order valence-electron chi connectivity index (χ1n) is 10.6. The Bertz CT molecular complexity index is 660. The van der Waals surface area contributed by atoms with E-state index in [1.165, 1.54) is 25.7 Å². The van der Waals surface area contributed by atoms with Crippen molar-refractivity contribution in [1.29, 1.82) is 0 Å². The van der Waals surface area contributed by atoms with Gasteiger partial charge in [-0.3, -0.25) is 18.8 Å². The van der Waals surface area contributed by atoms with Gasteiger partial charge in [0.15, 0.2) is 0 Å². The molecule has 0 spiro atoms. The predicted molar refractivity (Wildman–Crippen MR) is 113 cm³/mol. The van der Waals surface area contributed by atoms with E-state index in [1.807, 2.05) is 0 Å². The van der Waals surface area contributed by atoms with Gasteiger partial charge in [-0.15, -0.1) is 0 Å². The first-order chi connectivity index (χ1) is 13.8. The Kier molecular flexibility index (Phi) is 12.3. The van der Waals surface area contributed by atoms with Crippen molar-refractivity contribution in [2.45, 2.75) is 64.4 Å². The minimum atomic E-state index is -4.29. The smallest absolute Gasteiger partial charge is 0.316 e. The number of amidine groups is 1. The summed E-state index contributed by atoms with van der Waals surface area (Å²) in [5.74, 6) is -0.433. The van der Waals surface area contributed by atoms with Gasteiger partial charge in [0.25, 0.3) is 10.1 Å². The molecular weight excluding hydrogens is 396 g/mol. The molecule has 0 fully saturated rings. The first kappa shape index (κ1) is 25.7. The summed E-state index contributed by atoms with van der Waals surface area (Å²) in [6.07, 6.45) is 10.9. The summed E-state index contributed by atoms with van der Waals surface area (Å²) in [6.45, 7) is 3.33. The lowest BCUT2D eigenvalue weighted by molar-refractivity contribution is -0.525. The lowest BCUT2D eigenvalue weighted by Crippen LogP contribution is -2.40. The van der Waals surface area contributed by atoms with E-state index in [0.717, 1.165) is 12.8 Å². The normalized spacial score (nSPS) is 16.2. The highest BCUT2D eigenvalue weighted by molar-refractivity contribution is 7.85. The number of aliphatic hydroxyl groups excluding tert-OH is 2. The third-order valence-corrected chi connectivity index (χ3v) is 5.66. The molecular formula is C20H37N2O6S+. The van der Waals surface area contributed by atoms with Crippen LogP contribution >= 0.6 is 0 Å². The lowest BCUT2D eigenvalue weighted by Gasteiger charge is -2.12. The standard InChI is InChI=1S/C20H36N2O6S/c1-2-3-4-5-6-7-8-9-10-11-19(25)20-21(14-15-23)12-13-22(20)16-18(24)17-29(26,27)28/h7-8,18,23-24H,2-6,9-17H2,1H3/p+1/b8-7+. The van der Waals surface area contributed by atoms with Gasteiger partial charge < -0.3 is 10.2 Å². The van der Waals surface area contributed by atoms with Crippen molar-refractivity contribution < 1.29 is 32.6 Å². The number of allylic oxidation sites excluding steroid dienone is 2.